The third-order valence-electron chi connectivity index (χ3n) is 6.08. The molecule has 24 heavy (non-hydrogen) atoms. The van der Waals surface area contributed by atoms with Crippen LogP contribution in [-0.4, -0.2) is 27.1 Å². The van der Waals surface area contributed by atoms with E-state index >= 15 is 0 Å². The lowest BCUT2D eigenvalue weighted by atomic mass is 9.57. The number of hydrogen-bond donors (Lipinski definition) is 3. The molecule has 1 saturated carbocycles. The average molecular weight is 334 g/mol. The molecule has 1 heterocycles. The lowest BCUT2D eigenvalue weighted by molar-refractivity contribution is -0.257. The van der Waals surface area contributed by atoms with Gasteiger partial charge in [0.25, 0.3) is 0 Å². The maximum atomic E-state index is 11.9. The molecule has 0 amide bonds. The van der Waals surface area contributed by atoms with E-state index < -0.39 is 22.6 Å². The smallest absolute Gasteiger partial charge is 0.336 e. The van der Waals surface area contributed by atoms with Crippen LogP contribution in [0.1, 0.15) is 81.3 Å². The van der Waals surface area contributed by atoms with Gasteiger partial charge in [-0.25, -0.2) is 4.79 Å². The number of benzene rings is 1. The van der Waals surface area contributed by atoms with Crippen molar-refractivity contribution in [3.05, 3.63) is 22.8 Å². The Bertz CT molecular complexity index is 721. The monoisotopic (exact) mass is 334 g/mol. The standard InChI is InChI=1S/C19H26O5/c1-10(2)11-9-12(16(21)22)13-15(14(11)20)24-19(23)17(3,4)7-6-8-18(13,19)5/h9-10,20,23H,6-8H2,1-5H3,(H,21,22). The van der Waals surface area contributed by atoms with E-state index in [0.717, 1.165) is 12.8 Å². The zero-order valence-corrected chi connectivity index (χ0v) is 14.9. The van der Waals surface area contributed by atoms with Gasteiger partial charge in [0.1, 0.15) is 0 Å². The molecular weight excluding hydrogens is 308 g/mol. The Morgan fingerprint density at radius 2 is 1.88 bits per heavy atom. The Kier molecular flexibility index (Phi) is 3.48. The van der Waals surface area contributed by atoms with Gasteiger partial charge in [-0.3, -0.25) is 0 Å². The molecular formula is C19H26O5. The number of aliphatic hydroxyl groups is 1. The summed E-state index contributed by atoms with van der Waals surface area (Å²) in [4.78, 5) is 11.9. The molecule has 1 fully saturated rings. The van der Waals surface area contributed by atoms with Crippen molar-refractivity contribution in [1.82, 2.24) is 0 Å². The summed E-state index contributed by atoms with van der Waals surface area (Å²) in [5.41, 5.74) is -0.367. The number of carbonyl (C=O) groups is 1. The van der Waals surface area contributed by atoms with Crippen molar-refractivity contribution in [3.8, 4) is 11.5 Å². The van der Waals surface area contributed by atoms with Crippen LogP contribution in [-0.2, 0) is 5.41 Å². The summed E-state index contributed by atoms with van der Waals surface area (Å²) < 4.78 is 5.97. The number of phenolic OH excluding ortho intramolecular Hbond substituents is 1. The summed E-state index contributed by atoms with van der Waals surface area (Å²) in [6.07, 6.45) is 2.24. The van der Waals surface area contributed by atoms with Crippen LogP contribution >= 0.6 is 0 Å². The van der Waals surface area contributed by atoms with Crippen LogP contribution in [0.15, 0.2) is 6.07 Å². The molecule has 0 aromatic heterocycles. The fourth-order valence-electron chi connectivity index (χ4n) is 4.59. The summed E-state index contributed by atoms with van der Waals surface area (Å²) in [7, 11) is 0. The highest BCUT2D eigenvalue weighted by Gasteiger charge is 2.67. The van der Waals surface area contributed by atoms with Crippen LogP contribution in [0.5, 0.6) is 11.5 Å². The van der Waals surface area contributed by atoms with Gasteiger partial charge in [0, 0.05) is 16.5 Å². The third-order valence-corrected chi connectivity index (χ3v) is 6.08. The predicted molar refractivity (Wildman–Crippen MR) is 89.7 cm³/mol. The SMILES string of the molecule is CC(C)c1cc(C(=O)O)c2c(c1O)OC1(O)C(C)(C)CCCC21C. The second-order valence-electron chi connectivity index (χ2n) is 8.34. The lowest BCUT2D eigenvalue weighted by Gasteiger charge is -2.52. The zero-order chi connectivity index (χ0) is 18.1. The van der Waals surface area contributed by atoms with E-state index in [-0.39, 0.29) is 23.0 Å². The van der Waals surface area contributed by atoms with Crippen molar-refractivity contribution in [3.63, 3.8) is 0 Å². The summed E-state index contributed by atoms with van der Waals surface area (Å²) in [5.74, 6) is -2.58. The highest BCUT2D eigenvalue weighted by atomic mass is 16.6. The average Bonchev–Trinajstić information content (AvgIpc) is 2.70. The minimum absolute atomic E-state index is 0.0511. The van der Waals surface area contributed by atoms with Gasteiger partial charge in [-0.1, -0.05) is 34.1 Å². The van der Waals surface area contributed by atoms with Crippen molar-refractivity contribution in [1.29, 1.82) is 0 Å². The van der Waals surface area contributed by atoms with Gasteiger partial charge < -0.3 is 20.1 Å². The maximum absolute atomic E-state index is 11.9. The van der Waals surface area contributed by atoms with Gasteiger partial charge in [-0.2, -0.15) is 0 Å². The number of carboxylic acid groups (broad SMARTS) is 1. The molecule has 3 N–H and O–H groups in total. The van der Waals surface area contributed by atoms with Gasteiger partial charge in [0.15, 0.2) is 11.5 Å². The normalized spacial score (nSPS) is 30.6. The third kappa shape index (κ3) is 1.88. The van der Waals surface area contributed by atoms with E-state index in [1.807, 2.05) is 34.6 Å². The molecule has 1 aromatic carbocycles. The molecule has 0 bridgehead atoms. The minimum Gasteiger partial charge on any atom is -0.504 e. The molecule has 2 aliphatic rings. The number of ether oxygens (including phenoxy) is 1. The minimum atomic E-state index is -1.54. The summed E-state index contributed by atoms with van der Waals surface area (Å²) in [5, 5.41) is 31.9. The quantitative estimate of drug-likeness (QED) is 0.766. The molecule has 0 spiro atoms. The highest BCUT2D eigenvalue weighted by Crippen LogP contribution is 2.64. The number of fused-ring (bicyclic) bond motifs is 3. The van der Waals surface area contributed by atoms with Crippen molar-refractivity contribution < 1.29 is 24.9 Å². The van der Waals surface area contributed by atoms with E-state index in [1.165, 1.54) is 6.07 Å². The van der Waals surface area contributed by atoms with E-state index in [9.17, 15) is 20.1 Å². The largest absolute Gasteiger partial charge is 0.504 e. The zero-order valence-electron chi connectivity index (χ0n) is 14.9. The molecule has 132 valence electrons. The first-order valence-corrected chi connectivity index (χ1v) is 8.51. The van der Waals surface area contributed by atoms with E-state index in [4.69, 9.17) is 4.74 Å². The van der Waals surface area contributed by atoms with Crippen LogP contribution in [0.3, 0.4) is 0 Å². The van der Waals surface area contributed by atoms with Crippen LogP contribution in [0.4, 0.5) is 0 Å². The number of aromatic carboxylic acids is 1. The van der Waals surface area contributed by atoms with E-state index in [1.54, 1.807) is 0 Å². The van der Waals surface area contributed by atoms with Crippen LogP contribution in [0, 0.1) is 5.41 Å². The van der Waals surface area contributed by atoms with Crippen molar-refractivity contribution in [2.75, 3.05) is 0 Å². The molecule has 5 nitrogen and oxygen atoms in total. The topological polar surface area (TPSA) is 87.0 Å². The first-order chi connectivity index (χ1) is 11.0. The first kappa shape index (κ1) is 17.1. The maximum Gasteiger partial charge on any atom is 0.336 e. The van der Waals surface area contributed by atoms with Gasteiger partial charge in [0.05, 0.1) is 11.0 Å². The summed E-state index contributed by atoms with van der Waals surface area (Å²) in [6.45, 7) is 9.47. The van der Waals surface area contributed by atoms with Gasteiger partial charge in [-0.15, -0.1) is 0 Å². The fraction of sp³-hybridized carbons (Fsp3) is 0.632. The van der Waals surface area contributed by atoms with Crippen molar-refractivity contribution >= 4 is 5.97 Å². The van der Waals surface area contributed by atoms with Crippen LogP contribution in [0.2, 0.25) is 0 Å². The molecule has 1 aliphatic carbocycles. The second kappa shape index (κ2) is 4.88. The number of aromatic hydroxyl groups is 1. The number of rotatable bonds is 2. The molecule has 1 aliphatic heterocycles. The van der Waals surface area contributed by atoms with Gasteiger partial charge in [-0.05, 0) is 31.7 Å². The Labute approximate surface area is 142 Å². The van der Waals surface area contributed by atoms with E-state index in [2.05, 4.69) is 0 Å². The molecule has 2 atom stereocenters. The van der Waals surface area contributed by atoms with Gasteiger partial charge >= 0.3 is 5.97 Å². The van der Waals surface area contributed by atoms with E-state index in [0.29, 0.717) is 17.5 Å². The Morgan fingerprint density at radius 1 is 1.25 bits per heavy atom. The molecule has 1 aromatic rings. The number of hydrogen-bond acceptors (Lipinski definition) is 4. The number of phenols is 1. The summed E-state index contributed by atoms with van der Waals surface area (Å²) >= 11 is 0. The molecule has 0 saturated heterocycles. The van der Waals surface area contributed by atoms with Crippen molar-refractivity contribution in [2.45, 2.75) is 71.0 Å². The Hall–Kier alpha value is -1.75. The molecule has 3 rings (SSSR count). The van der Waals surface area contributed by atoms with Crippen molar-refractivity contribution in [2.24, 2.45) is 5.41 Å². The van der Waals surface area contributed by atoms with Gasteiger partial charge in [0.2, 0.25) is 5.79 Å². The molecule has 2 unspecified atom stereocenters. The van der Waals surface area contributed by atoms with Crippen LogP contribution in [0.25, 0.3) is 0 Å². The molecule has 0 radical (unpaired) electrons. The highest BCUT2D eigenvalue weighted by molar-refractivity contribution is 5.92. The molecule has 5 heteroatoms. The number of carboxylic acids is 1. The predicted octanol–water partition coefficient (Wildman–Crippen LogP) is 3.76. The first-order valence-electron chi connectivity index (χ1n) is 8.51. The summed E-state index contributed by atoms with van der Waals surface area (Å²) in [6, 6.07) is 1.53. The van der Waals surface area contributed by atoms with Crippen LogP contribution < -0.4 is 4.74 Å². The Balaban J connectivity index is 2.36. The fourth-order valence-corrected chi connectivity index (χ4v) is 4.59. The lowest BCUT2D eigenvalue weighted by Crippen LogP contribution is -2.62. The second-order valence-corrected chi connectivity index (χ2v) is 8.34. The Morgan fingerprint density at radius 3 is 2.42 bits per heavy atom.